The molecule has 2 aliphatic rings. The Hall–Kier alpha value is -2.54. The Morgan fingerprint density at radius 3 is 1.89 bits per heavy atom. The largest absolute Gasteiger partial charge is 0.333 e. The molecule has 0 aromatic heterocycles. The molecule has 0 bridgehead atoms. The molecule has 0 spiro atoms. The van der Waals surface area contributed by atoms with E-state index in [1.165, 1.54) is 6.08 Å². The van der Waals surface area contributed by atoms with Crippen molar-refractivity contribution in [2.75, 3.05) is 35.3 Å². The lowest BCUT2D eigenvalue weighted by Gasteiger charge is -2.32. The van der Waals surface area contributed by atoms with Crippen molar-refractivity contribution in [1.29, 1.82) is 0 Å². The molecular weight excluding hydrogens is 519 g/mol. The van der Waals surface area contributed by atoms with Crippen molar-refractivity contribution in [2.45, 2.75) is 20.8 Å². The lowest BCUT2D eigenvalue weighted by Crippen LogP contribution is -2.56. The fourth-order valence-electron chi connectivity index (χ4n) is 3.79. The summed E-state index contributed by atoms with van der Waals surface area (Å²) in [4.78, 5) is 43.5. The predicted octanol–water partition coefficient (Wildman–Crippen LogP) is 4.82. The molecule has 3 rings (SSSR count). The Bertz CT molecular complexity index is 1080. The van der Waals surface area contributed by atoms with E-state index in [1.807, 2.05) is 16.7 Å². The van der Waals surface area contributed by atoms with Gasteiger partial charge >= 0.3 is 6.03 Å². The molecule has 0 atom stereocenters. The van der Waals surface area contributed by atoms with Crippen molar-refractivity contribution in [2.24, 2.45) is 0 Å². The minimum atomic E-state index is -0.628. The van der Waals surface area contributed by atoms with Gasteiger partial charge in [-0.2, -0.15) is 0 Å². The first-order valence-electron chi connectivity index (χ1n) is 10.7. The minimum Gasteiger partial charge on any atom is -0.326 e. The van der Waals surface area contributed by atoms with E-state index >= 15 is 0 Å². The molecule has 1 saturated heterocycles. The first-order valence-corrected chi connectivity index (χ1v) is 12.4. The zero-order valence-electron chi connectivity index (χ0n) is 19.2. The SMILES string of the molecule is CCN1C(=O)C(=C/C=C/C=C2\N(CC)c3cc(Cl)c(Cl)cc3N2CSOOO)C(=O)N(CC)C1=O. The maximum Gasteiger partial charge on any atom is 0.333 e. The van der Waals surface area contributed by atoms with E-state index in [0.29, 0.717) is 16.6 Å². The van der Waals surface area contributed by atoms with E-state index in [9.17, 15) is 14.4 Å². The number of hydrogen-bond donors (Lipinski definition) is 1. The van der Waals surface area contributed by atoms with Crippen LogP contribution in [0.4, 0.5) is 16.2 Å². The number of rotatable bonds is 9. The van der Waals surface area contributed by atoms with Gasteiger partial charge in [0.15, 0.2) is 0 Å². The normalized spacial score (nSPS) is 17.5. The van der Waals surface area contributed by atoms with Crippen molar-refractivity contribution in [3.8, 4) is 0 Å². The molecule has 0 aliphatic carbocycles. The number of nitrogens with zero attached hydrogens (tertiary/aromatic N) is 4. The fraction of sp³-hybridized carbons (Fsp3) is 0.318. The van der Waals surface area contributed by atoms with Gasteiger partial charge in [0.25, 0.3) is 11.8 Å². The van der Waals surface area contributed by atoms with E-state index in [1.54, 1.807) is 44.2 Å². The van der Waals surface area contributed by atoms with Crippen molar-refractivity contribution >= 4 is 64.5 Å². The number of imide groups is 2. The highest BCUT2D eigenvalue weighted by Gasteiger charge is 2.40. The zero-order valence-corrected chi connectivity index (χ0v) is 21.6. The molecule has 10 nitrogen and oxygen atoms in total. The van der Waals surface area contributed by atoms with Gasteiger partial charge in [-0.3, -0.25) is 19.4 Å². The average molecular weight is 543 g/mol. The van der Waals surface area contributed by atoms with Crippen LogP contribution in [0.3, 0.4) is 0 Å². The summed E-state index contributed by atoms with van der Waals surface area (Å²) >= 11 is 13.3. The Labute approximate surface area is 217 Å². The first-order chi connectivity index (χ1) is 16.8. The van der Waals surface area contributed by atoms with Crippen molar-refractivity contribution in [1.82, 2.24) is 9.80 Å². The number of carbonyl (C=O) groups is 3. The highest BCUT2D eigenvalue weighted by atomic mass is 35.5. The van der Waals surface area contributed by atoms with E-state index in [-0.39, 0.29) is 24.5 Å². The number of urea groups is 1. The van der Waals surface area contributed by atoms with Gasteiger partial charge in [-0.05, 0) is 45.1 Å². The number of hydrogen-bond acceptors (Lipinski definition) is 9. The molecule has 1 fully saturated rings. The lowest BCUT2D eigenvalue weighted by atomic mass is 10.1. The summed E-state index contributed by atoms with van der Waals surface area (Å²) in [5, 5.41) is 12.9. The van der Waals surface area contributed by atoms with Crippen LogP contribution in [-0.4, -0.2) is 58.4 Å². The third-order valence-electron chi connectivity index (χ3n) is 5.39. The van der Waals surface area contributed by atoms with E-state index < -0.39 is 17.8 Å². The van der Waals surface area contributed by atoms with Gasteiger partial charge in [-0.25, -0.2) is 10.1 Å². The molecule has 4 amide bonds. The first kappa shape index (κ1) is 27.1. The second-order valence-corrected chi connectivity index (χ2v) is 8.63. The van der Waals surface area contributed by atoms with Crippen LogP contribution in [-0.2, 0) is 19.0 Å². The van der Waals surface area contributed by atoms with Crippen LogP contribution >= 0.6 is 35.2 Å². The zero-order chi connectivity index (χ0) is 25.7. The summed E-state index contributed by atoms with van der Waals surface area (Å²) in [6.45, 7) is 6.22. The van der Waals surface area contributed by atoms with Gasteiger partial charge in [0, 0.05) is 19.6 Å². The second kappa shape index (κ2) is 11.9. The molecule has 13 heteroatoms. The van der Waals surface area contributed by atoms with Gasteiger partial charge < -0.3 is 9.80 Å². The Kier molecular flexibility index (Phi) is 9.22. The molecule has 2 heterocycles. The molecule has 2 aliphatic heterocycles. The van der Waals surface area contributed by atoms with Crippen LogP contribution in [0.25, 0.3) is 0 Å². The summed E-state index contributed by atoms with van der Waals surface area (Å²) in [6, 6.07) is 2.87. The third-order valence-corrected chi connectivity index (χ3v) is 6.64. The van der Waals surface area contributed by atoms with Crippen LogP contribution in [0.1, 0.15) is 20.8 Å². The maximum atomic E-state index is 12.6. The summed E-state index contributed by atoms with van der Waals surface area (Å²) in [5.74, 6) is -0.294. The number of barbiturate groups is 1. The monoisotopic (exact) mass is 542 g/mol. The minimum absolute atomic E-state index is 0.0931. The molecule has 188 valence electrons. The summed E-state index contributed by atoms with van der Waals surface area (Å²) in [7, 11) is 0. The van der Waals surface area contributed by atoms with Crippen molar-refractivity contribution in [3.05, 3.63) is 57.9 Å². The topological polar surface area (TPSA) is 103 Å². The molecule has 0 saturated carbocycles. The van der Waals surface area contributed by atoms with Crippen LogP contribution in [0.5, 0.6) is 0 Å². The lowest BCUT2D eigenvalue weighted by molar-refractivity contribution is -0.432. The molecule has 1 aromatic carbocycles. The highest BCUT2D eigenvalue weighted by Crippen LogP contribution is 2.46. The predicted molar refractivity (Wildman–Crippen MR) is 135 cm³/mol. The number of fused-ring (bicyclic) bond motifs is 1. The van der Waals surface area contributed by atoms with Crippen LogP contribution in [0.2, 0.25) is 10.0 Å². The Morgan fingerprint density at radius 2 is 1.37 bits per heavy atom. The molecule has 35 heavy (non-hydrogen) atoms. The molecule has 1 aromatic rings. The molecule has 0 radical (unpaired) electrons. The van der Waals surface area contributed by atoms with Gasteiger partial charge in [-0.15, -0.1) is 4.33 Å². The number of anilines is 2. The Morgan fingerprint density at radius 1 is 0.857 bits per heavy atom. The second-order valence-electron chi connectivity index (χ2n) is 7.19. The fourth-order valence-corrected chi connectivity index (χ4v) is 4.57. The third kappa shape index (κ3) is 5.35. The summed E-state index contributed by atoms with van der Waals surface area (Å²) in [5.41, 5.74) is 1.49. The summed E-state index contributed by atoms with van der Waals surface area (Å²) < 4.78 is 4.55. The van der Waals surface area contributed by atoms with Crippen LogP contribution < -0.4 is 9.80 Å². The number of benzene rings is 1. The van der Waals surface area contributed by atoms with Gasteiger partial charge in [0.05, 0.1) is 39.3 Å². The van der Waals surface area contributed by atoms with E-state index in [4.69, 9.17) is 28.5 Å². The standard InChI is InChI=1S/C22H24Cl2N4O6S/c1-4-25-17-11-15(23)16(24)12-18(17)28(13-35-34-33-32)19(25)10-8-7-9-14-20(29)26(5-2)22(31)27(6-3)21(14)30/h7-12,32H,4-6,13H2,1-3H3/b8-7+,19-10+. The van der Waals surface area contributed by atoms with Gasteiger partial charge in [0.2, 0.25) is 0 Å². The van der Waals surface area contributed by atoms with E-state index in [0.717, 1.165) is 39.0 Å². The molecular formula is C22H24Cl2N4O6S. The molecule has 1 N–H and O–H groups in total. The summed E-state index contributed by atoms with van der Waals surface area (Å²) in [6.07, 6.45) is 6.41. The smallest absolute Gasteiger partial charge is 0.326 e. The van der Waals surface area contributed by atoms with Crippen molar-refractivity contribution < 1.29 is 29.0 Å². The van der Waals surface area contributed by atoms with Gasteiger partial charge in [0.1, 0.15) is 11.4 Å². The van der Waals surface area contributed by atoms with Gasteiger partial charge in [-0.1, -0.05) is 40.4 Å². The quantitative estimate of drug-likeness (QED) is 0.117. The number of halogens is 2. The molecule has 0 unspecified atom stereocenters. The highest BCUT2D eigenvalue weighted by molar-refractivity contribution is 7.94. The number of carbonyl (C=O) groups excluding carboxylic acids is 3. The van der Waals surface area contributed by atoms with Crippen LogP contribution in [0, 0.1) is 0 Å². The number of allylic oxidation sites excluding steroid dienone is 4. The average Bonchev–Trinajstić information content (AvgIpc) is 3.10. The van der Waals surface area contributed by atoms with E-state index in [2.05, 4.69) is 9.37 Å². The number of amides is 4. The maximum absolute atomic E-state index is 12.6. The van der Waals surface area contributed by atoms with Crippen molar-refractivity contribution in [3.63, 3.8) is 0 Å². The van der Waals surface area contributed by atoms with Crippen LogP contribution in [0.15, 0.2) is 47.8 Å². The number of likely N-dealkylation sites (N-methyl/N-ethyl adjacent to an activating group) is 2. The Balaban J connectivity index is 1.94.